The van der Waals surface area contributed by atoms with Gasteiger partial charge in [0, 0.05) is 31.2 Å². The first-order valence-corrected chi connectivity index (χ1v) is 18.4. The number of hydrogen-bond acceptors (Lipinski definition) is 2. The van der Waals surface area contributed by atoms with E-state index in [0.29, 0.717) is 0 Å². The van der Waals surface area contributed by atoms with Gasteiger partial charge in [-0.05, 0) is 68.5 Å². The Morgan fingerprint density at radius 2 is 1.00 bits per heavy atom. The van der Waals surface area contributed by atoms with E-state index in [1.54, 1.807) is 0 Å². The van der Waals surface area contributed by atoms with Crippen LogP contribution in [0.3, 0.4) is 0 Å². The van der Waals surface area contributed by atoms with E-state index in [4.69, 9.17) is 0 Å². The van der Waals surface area contributed by atoms with Gasteiger partial charge in [0.1, 0.15) is 5.60 Å². The molecule has 0 aromatic heterocycles. The van der Waals surface area contributed by atoms with Gasteiger partial charge in [0.2, 0.25) is 0 Å². The molecule has 7 heteroatoms. The summed E-state index contributed by atoms with van der Waals surface area (Å²) in [7, 11) is 0. The van der Waals surface area contributed by atoms with Gasteiger partial charge in [-0.25, -0.2) is 0 Å². The molecule has 0 heterocycles. The van der Waals surface area contributed by atoms with Crippen molar-refractivity contribution in [3.05, 3.63) is 187 Å². The second kappa shape index (κ2) is 17.8. The van der Waals surface area contributed by atoms with Crippen molar-refractivity contribution < 1.29 is 26.9 Å². The van der Waals surface area contributed by atoms with Crippen molar-refractivity contribution in [2.45, 2.75) is 58.0 Å². The van der Waals surface area contributed by atoms with Crippen LogP contribution in [0, 0.1) is 6.07 Å². The molecule has 0 bridgehead atoms. The molecular weight excluding hydrogens is 859 g/mol. The number of fused-ring (bicyclic) bond motifs is 6. The van der Waals surface area contributed by atoms with Crippen LogP contribution in [0.15, 0.2) is 142 Å². The average Bonchev–Trinajstić information content (AvgIpc) is 3.53. The summed E-state index contributed by atoms with van der Waals surface area (Å²) in [5.74, 6) is 0.127. The molecule has 0 saturated heterocycles. The molecular formula is C46H45BBr3MgO2-. The van der Waals surface area contributed by atoms with Crippen LogP contribution in [0.4, 0.5) is 0 Å². The van der Waals surface area contributed by atoms with E-state index >= 15 is 0 Å². The fourth-order valence-corrected chi connectivity index (χ4v) is 7.36. The molecule has 1 unspecified atom stereocenters. The van der Waals surface area contributed by atoms with E-state index < -0.39 is 5.60 Å². The van der Waals surface area contributed by atoms with Gasteiger partial charge in [0.05, 0.1) is 0 Å². The minimum Gasteiger partial charge on any atom is -1.00 e. The number of hydrogen-bond donors (Lipinski definition) is 1. The predicted octanol–water partition coefficient (Wildman–Crippen LogP) is 7.63. The molecule has 6 aromatic rings. The molecule has 0 saturated carbocycles. The number of benzene rings is 6. The standard InChI is InChI=1S/C23H21BrO.C13H7BrO.C10H13.BH4.BrH.Mg/c1-22(2,3)15-8-10-16(11-9-15)23(25)20-7-5-4-6-18(20)19-13-12-17(24)14-21(19)23;14-8-5-6-10-9-3-1-2-4-11(9)13(15)12(10)7-8;1-10(2,3)9-7-5-4-6-8-9;;;/h4-14,25H,1-3H3;1-7H;5-8H,1-3H3;1H4;1H;/q;;2*-1;;+2/p-1. The second-order valence-corrected chi connectivity index (χ2v) is 16.7. The minimum atomic E-state index is -1.12. The summed E-state index contributed by atoms with van der Waals surface area (Å²) in [5.41, 5.74) is 10.6. The van der Waals surface area contributed by atoms with Gasteiger partial charge in [0.25, 0.3) is 0 Å². The zero-order valence-corrected chi connectivity index (χ0v) is 36.6. The Morgan fingerprint density at radius 1 is 0.547 bits per heavy atom. The number of aliphatic hydroxyl groups is 1. The third-order valence-electron chi connectivity index (χ3n) is 9.42. The van der Waals surface area contributed by atoms with Crippen molar-refractivity contribution in [1.29, 1.82) is 0 Å². The topological polar surface area (TPSA) is 37.3 Å². The fourth-order valence-electron chi connectivity index (χ4n) is 6.64. The van der Waals surface area contributed by atoms with E-state index in [0.717, 1.165) is 59.0 Å². The summed E-state index contributed by atoms with van der Waals surface area (Å²) < 4.78 is 1.92. The number of ketones is 1. The molecule has 0 radical (unpaired) electrons. The molecule has 0 amide bonds. The number of carbonyl (C=O) groups excluding carboxylic acids is 1. The quantitative estimate of drug-likeness (QED) is 0.136. The van der Waals surface area contributed by atoms with E-state index in [1.165, 1.54) is 11.1 Å². The average molecular weight is 905 g/mol. The maximum atomic E-state index is 12.0. The first kappa shape index (κ1) is 44.6. The summed E-state index contributed by atoms with van der Waals surface area (Å²) in [6.45, 7) is 13.2. The van der Waals surface area contributed by atoms with E-state index in [-0.39, 0.29) is 65.1 Å². The Labute approximate surface area is 360 Å². The van der Waals surface area contributed by atoms with E-state index in [1.807, 2.05) is 84.9 Å². The van der Waals surface area contributed by atoms with Crippen LogP contribution in [0.5, 0.6) is 0 Å². The number of rotatable bonds is 1. The van der Waals surface area contributed by atoms with Gasteiger partial charge < -0.3 is 22.1 Å². The minimum absolute atomic E-state index is 0. The van der Waals surface area contributed by atoms with Gasteiger partial charge in [-0.15, -0.1) is 0 Å². The maximum absolute atomic E-state index is 12.0. The number of halogens is 3. The number of carbonyl (C=O) groups is 1. The van der Waals surface area contributed by atoms with Crippen LogP contribution >= 0.6 is 31.9 Å². The second-order valence-electron chi connectivity index (χ2n) is 14.9. The van der Waals surface area contributed by atoms with Crippen molar-refractivity contribution in [2.24, 2.45) is 0 Å². The van der Waals surface area contributed by atoms with Gasteiger partial charge in [-0.3, -0.25) is 4.79 Å². The Balaban J connectivity index is 0.000000231. The van der Waals surface area contributed by atoms with E-state index in [2.05, 4.69) is 128 Å². The summed E-state index contributed by atoms with van der Waals surface area (Å²) in [4.78, 5) is 12.0. The van der Waals surface area contributed by atoms with Crippen LogP contribution in [0.2, 0.25) is 0 Å². The van der Waals surface area contributed by atoms with Crippen molar-refractivity contribution >= 4 is 69.1 Å². The molecule has 53 heavy (non-hydrogen) atoms. The Morgan fingerprint density at radius 3 is 1.57 bits per heavy atom. The molecule has 0 fully saturated rings. The molecule has 6 aromatic carbocycles. The largest absolute Gasteiger partial charge is 2.00 e. The Kier molecular flexibility index (Phi) is 15.0. The van der Waals surface area contributed by atoms with Gasteiger partial charge >= 0.3 is 23.1 Å². The van der Waals surface area contributed by atoms with Gasteiger partial charge in [0.15, 0.2) is 5.78 Å². The predicted molar refractivity (Wildman–Crippen MR) is 231 cm³/mol. The maximum Gasteiger partial charge on any atom is 2.00 e. The molecule has 1 atom stereocenters. The van der Waals surface area contributed by atoms with Crippen molar-refractivity contribution in [3.8, 4) is 22.3 Å². The molecule has 2 nitrogen and oxygen atoms in total. The SMILES string of the molecule is CC(C)(C)c1cc[c-]cc1.CC(C)(C)c1ccc(C2(O)c3ccccc3-c3ccc(Br)cc32)cc1.O=C1c2ccccc2-c2ccc(Br)cc21.[BH4-].[Br-].[Mg+2]. The zero-order valence-electron chi connectivity index (χ0n) is 30.4. The third-order valence-corrected chi connectivity index (χ3v) is 10.4. The molecule has 2 aliphatic rings. The normalized spacial score (nSPS) is 14.5. The van der Waals surface area contributed by atoms with Crippen molar-refractivity contribution in [3.63, 3.8) is 0 Å². The Bertz CT molecular complexity index is 2190. The first-order chi connectivity index (χ1) is 23.7. The first-order valence-electron chi connectivity index (χ1n) is 16.8. The summed E-state index contributed by atoms with van der Waals surface area (Å²) >= 11 is 6.95. The monoisotopic (exact) mass is 901 g/mol. The molecule has 8 rings (SSSR count). The summed E-state index contributed by atoms with van der Waals surface area (Å²) in [6.07, 6.45) is 0. The van der Waals surface area contributed by atoms with Crippen LogP contribution in [-0.2, 0) is 16.4 Å². The Hall–Kier alpha value is -2.78. The fraction of sp³-hybridized carbons (Fsp3) is 0.196. The summed E-state index contributed by atoms with van der Waals surface area (Å²) in [5, 5.41) is 11.9. The van der Waals surface area contributed by atoms with E-state index in [9.17, 15) is 9.90 Å². The van der Waals surface area contributed by atoms with Crippen LogP contribution in [-0.4, -0.2) is 42.4 Å². The van der Waals surface area contributed by atoms with Crippen LogP contribution < -0.4 is 17.0 Å². The third kappa shape index (κ3) is 9.20. The molecule has 2 aliphatic carbocycles. The molecule has 1 N–H and O–H groups in total. The van der Waals surface area contributed by atoms with Crippen molar-refractivity contribution in [2.75, 3.05) is 0 Å². The van der Waals surface area contributed by atoms with Gasteiger partial charge in [-0.1, -0.05) is 167 Å². The van der Waals surface area contributed by atoms with Crippen LogP contribution in [0.1, 0.15) is 85.3 Å². The van der Waals surface area contributed by atoms with Crippen LogP contribution in [0.25, 0.3) is 22.3 Å². The molecule has 268 valence electrons. The van der Waals surface area contributed by atoms with Crippen molar-refractivity contribution in [1.82, 2.24) is 0 Å². The summed E-state index contributed by atoms with van der Waals surface area (Å²) in [6, 6.07) is 47.4. The molecule has 0 spiro atoms. The van der Waals surface area contributed by atoms with Gasteiger partial charge in [-0.2, -0.15) is 35.9 Å². The molecule has 0 aliphatic heterocycles. The smallest absolute Gasteiger partial charge is 1.00 e. The zero-order chi connectivity index (χ0) is 35.8.